The molecule has 0 bridgehead atoms. The van der Waals surface area contributed by atoms with Crippen LogP contribution in [0.25, 0.3) is 4.96 Å². The Kier molecular flexibility index (Phi) is 4.68. The van der Waals surface area contributed by atoms with Gasteiger partial charge < -0.3 is 9.47 Å². The van der Waals surface area contributed by atoms with Crippen molar-refractivity contribution < 1.29 is 14.3 Å². The quantitative estimate of drug-likeness (QED) is 0.558. The molecule has 0 saturated heterocycles. The highest BCUT2D eigenvalue weighted by Gasteiger charge is 2.11. The molecule has 0 fully saturated rings. The second-order valence-electron chi connectivity index (χ2n) is 4.61. The number of nitrogens with zero attached hydrogens (tertiary/aromatic N) is 3. The summed E-state index contributed by atoms with van der Waals surface area (Å²) in [5.74, 6) is 0.630. The number of thiazole rings is 1. The fourth-order valence-electron chi connectivity index (χ4n) is 2.09. The standard InChI is InChI=1S/C15H13ClN4O3S/c1-22-11-4-3-9(7-12(11)23-2)14(21)19-17-8-10-13(16)18-15-20(10)5-6-24-15/h3-8H,1-2H3,(H,19,21)/b17-8+. The minimum Gasteiger partial charge on any atom is -0.493 e. The van der Waals surface area contributed by atoms with Crippen LogP contribution in [0.15, 0.2) is 34.9 Å². The molecule has 0 aliphatic heterocycles. The maximum Gasteiger partial charge on any atom is 0.271 e. The van der Waals surface area contributed by atoms with Crippen molar-refractivity contribution in [2.24, 2.45) is 5.10 Å². The molecule has 1 aromatic carbocycles. The van der Waals surface area contributed by atoms with E-state index in [1.54, 1.807) is 22.6 Å². The first-order valence-electron chi connectivity index (χ1n) is 6.80. The van der Waals surface area contributed by atoms with Gasteiger partial charge in [0.25, 0.3) is 5.91 Å². The minimum absolute atomic E-state index is 0.325. The van der Waals surface area contributed by atoms with Crippen LogP contribution in [-0.4, -0.2) is 35.7 Å². The lowest BCUT2D eigenvalue weighted by molar-refractivity contribution is 0.0954. The third-order valence-electron chi connectivity index (χ3n) is 3.25. The molecule has 9 heteroatoms. The van der Waals surface area contributed by atoms with E-state index in [2.05, 4.69) is 15.5 Å². The van der Waals surface area contributed by atoms with Crippen molar-refractivity contribution in [3.8, 4) is 11.5 Å². The van der Waals surface area contributed by atoms with Crippen LogP contribution < -0.4 is 14.9 Å². The minimum atomic E-state index is -0.380. The summed E-state index contributed by atoms with van der Waals surface area (Å²) >= 11 is 7.51. The SMILES string of the molecule is COc1ccc(C(=O)N/N=C/c2c(Cl)nc3sccn23)cc1OC. The zero-order valence-electron chi connectivity index (χ0n) is 12.8. The van der Waals surface area contributed by atoms with Crippen LogP contribution in [0.3, 0.4) is 0 Å². The number of nitrogens with one attached hydrogen (secondary N) is 1. The van der Waals surface area contributed by atoms with Crippen LogP contribution >= 0.6 is 22.9 Å². The summed E-state index contributed by atoms with van der Waals surface area (Å²) in [6.45, 7) is 0. The molecule has 124 valence electrons. The molecule has 0 atom stereocenters. The number of imidazole rings is 1. The van der Waals surface area contributed by atoms with Gasteiger partial charge in [-0.3, -0.25) is 9.20 Å². The normalized spacial score (nSPS) is 11.1. The molecule has 0 aliphatic carbocycles. The number of amides is 1. The summed E-state index contributed by atoms with van der Waals surface area (Å²) in [5, 5.41) is 6.15. The zero-order chi connectivity index (χ0) is 17.1. The first-order chi connectivity index (χ1) is 11.6. The molecule has 2 heterocycles. The number of carbonyl (C=O) groups excluding carboxylic acids is 1. The van der Waals surface area contributed by atoms with Gasteiger partial charge in [0.1, 0.15) is 5.69 Å². The number of benzene rings is 1. The predicted molar refractivity (Wildman–Crippen MR) is 92.7 cm³/mol. The van der Waals surface area contributed by atoms with Crippen LogP contribution in [0.1, 0.15) is 16.1 Å². The fraction of sp³-hybridized carbons (Fsp3) is 0.133. The third-order valence-corrected chi connectivity index (χ3v) is 4.29. The highest BCUT2D eigenvalue weighted by molar-refractivity contribution is 7.15. The van der Waals surface area contributed by atoms with E-state index in [0.29, 0.717) is 27.9 Å². The van der Waals surface area contributed by atoms with Crippen LogP contribution in [0.5, 0.6) is 11.5 Å². The van der Waals surface area contributed by atoms with Crippen molar-refractivity contribution in [1.29, 1.82) is 0 Å². The second-order valence-corrected chi connectivity index (χ2v) is 5.84. The molecule has 0 aliphatic rings. The van der Waals surface area contributed by atoms with Crippen molar-refractivity contribution in [2.75, 3.05) is 14.2 Å². The predicted octanol–water partition coefficient (Wildman–Crippen LogP) is 2.83. The Bertz CT molecular complexity index is 919. The molecule has 3 rings (SSSR count). The van der Waals surface area contributed by atoms with Crippen LogP contribution in [-0.2, 0) is 0 Å². The summed E-state index contributed by atoms with van der Waals surface area (Å²) in [6.07, 6.45) is 3.28. The molecule has 0 spiro atoms. The summed E-state index contributed by atoms with van der Waals surface area (Å²) in [5.41, 5.74) is 3.44. The first kappa shape index (κ1) is 16.3. The number of hydrogen-bond acceptors (Lipinski definition) is 6. The van der Waals surface area contributed by atoms with E-state index in [-0.39, 0.29) is 5.91 Å². The lowest BCUT2D eigenvalue weighted by Crippen LogP contribution is -2.17. The topological polar surface area (TPSA) is 77.2 Å². The Morgan fingerprint density at radius 2 is 2.17 bits per heavy atom. The van der Waals surface area contributed by atoms with Gasteiger partial charge in [-0.05, 0) is 18.2 Å². The molecule has 7 nitrogen and oxygen atoms in total. The molecule has 1 N–H and O–H groups in total. The molecule has 2 aromatic heterocycles. The summed E-state index contributed by atoms with van der Waals surface area (Å²) in [4.78, 5) is 17.1. The Balaban J connectivity index is 1.75. The number of fused-ring (bicyclic) bond motifs is 1. The Labute approximate surface area is 146 Å². The maximum atomic E-state index is 12.2. The maximum absolute atomic E-state index is 12.2. The average Bonchev–Trinajstić information content (AvgIpc) is 3.15. The number of aromatic nitrogens is 2. The van der Waals surface area contributed by atoms with E-state index < -0.39 is 0 Å². The van der Waals surface area contributed by atoms with Gasteiger partial charge in [0.2, 0.25) is 0 Å². The smallest absolute Gasteiger partial charge is 0.271 e. The Morgan fingerprint density at radius 1 is 1.38 bits per heavy atom. The van der Waals surface area contributed by atoms with Gasteiger partial charge in [-0.25, -0.2) is 10.4 Å². The van der Waals surface area contributed by atoms with Crippen molar-refractivity contribution in [3.05, 3.63) is 46.2 Å². The molecular formula is C15H13ClN4O3S. The lowest BCUT2D eigenvalue weighted by atomic mass is 10.2. The van der Waals surface area contributed by atoms with Gasteiger partial charge in [0.15, 0.2) is 21.6 Å². The van der Waals surface area contributed by atoms with Crippen molar-refractivity contribution in [1.82, 2.24) is 14.8 Å². The highest BCUT2D eigenvalue weighted by atomic mass is 35.5. The average molecular weight is 365 g/mol. The second kappa shape index (κ2) is 6.90. The zero-order valence-corrected chi connectivity index (χ0v) is 14.4. The molecule has 24 heavy (non-hydrogen) atoms. The molecule has 0 saturated carbocycles. The van der Waals surface area contributed by atoms with E-state index in [4.69, 9.17) is 21.1 Å². The Morgan fingerprint density at radius 3 is 2.92 bits per heavy atom. The van der Waals surface area contributed by atoms with Gasteiger partial charge in [-0.15, -0.1) is 11.3 Å². The molecule has 0 radical (unpaired) electrons. The van der Waals surface area contributed by atoms with Gasteiger partial charge >= 0.3 is 0 Å². The molecule has 3 aromatic rings. The third kappa shape index (κ3) is 3.06. The van der Waals surface area contributed by atoms with Crippen molar-refractivity contribution in [3.63, 3.8) is 0 Å². The first-order valence-corrected chi connectivity index (χ1v) is 8.06. The summed E-state index contributed by atoms with van der Waals surface area (Å²) < 4.78 is 12.1. The van der Waals surface area contributed by atoms with E-state index in [0.717, 1.165) is 4.96 Å². The number of hydrazone groups is 1. The van der Waals surface area contributed by atoms with E-state index >= 15 is 0 Å². The largest absolute Gasteiger partial charge is 0.493 e. The van der Waals surface area contributed by atoms with Crippen molar-refractivity contribution in [2.45, 2.75) is 0 Å². The van der Waals surface area contributed by atoms with Crippen molar-refractivity contribution >= 4 is 40.0 Å². The van der Waals surface area contributed by atoms with Crippen LogP contribution in [0.2, 0.25) is 5.15 Å². The van der Waals surface area contributed by atoms with E-state index in [9.17, 15) is 4.79 Å². The number of rotatable bonds is 5. The van der Waals surface area contributed by atoms with Crippen LogP contribution in [0, 0.1) is 0 Å². The van der Waals surface area contributed by atoms with Gasteiger partial charge in [0.05, 0.1) is 20.4 Å². The number of halogens is 1. The van der Waals surface area contributed by atoms with E-state index in [1.807, 2.05) is 11.6 Å². The summed E-state index contributed by atoms with van der Waals surface area (Å²) in [6, 6.07) is 4.85. The number of methoxy groups -OCH3 is 2. The monoisotopic (exact) mass is 364 g/mol. The number of ether oxygens (including phenoxy) is 2. The van der Waals surface area contributed by atoms with E-state index in [1.165, 1.54) is 31.8 Å². The highest BCUT2D eigenvalue weighted by Crippen LogP contribution is 2.27. The van der Waals surface area contributed by atoms with Gasteiger partial charge in [-0.1, -0.05) is 11.6 Å². The van der Waals surface area contributed by atoms with Gasteiger partial charge in [-0.2, -0.15) is 5.10 Å². The molecular weight excluding hydrogens is 352 g/mol. The van der Waals surface area contributed by atoms with Crippen LogP contribution in [0.4, 0.5) is 0 Å². The lowest BCUT2D eigenvalue weighted by Gasteiger charge is -2.08. The summed E-state index contributed by atoms with van der Waals surface area (Å²) in [7, 11) is 3.04. The molecule has 0 unspecified atom stereocenters. The number of carbonyl (C=O) groups is 1. The fourth-order valence-corrected chi connectivity index (χ4v) is 3.08. The molecule has 1 amide bonds. The van der Waals surface area contributed by atoms with Gasteiger partial charge in [0, 0.05) is 17.1 Å². The Hall–Kier alpha value is -2.58. The number of hydrogen-bond donors (Lipinski definition) is 1.